The monoisotopic (exact) mass is 191 g/mol. The summed E-state index contributed by atoms with van der Waals surface area (Å²) in [4.78, 5) is 3.99. The Hall–Kier alpha value is -1.15. The van der Waals surface area contributed by atoms with Crippen LogP contribution >= 0.6 is 0 Å². The van der Waals surface area contributed by atoms with E-state index in [0.29, 0.717) is 0 Å². The van der Waals surface area contributed by atoms with Crippen molar-refractivity contribution in [2.45, 2.75) is 32.8 Å². The van der Waals surface area contributed by atoms with Crippen molar-refractivity contribution in [2.75, 3.05) is 0 Å². The fourth-order valence-electron chi connectivity index (χ4n) is 1.40. The molecule has 1 heterocycles. The molecular formula is C12H17NO. The largest absolute Gasteiger partial charge is 0.388 e. The lowest BCUT2D eigenvalue weighted by atomic mass is 10.0. The van der Waals surface area contributed by atoms with Crippen LogP contribution in [-0.2, 0) is 0 Å². The second-order valence-electron chi connectivity index (χ2n) is 3.74. The predicted octanol–water partition coefficient (Wildman–Crippen LogP) is 2.78. The molecule has 0 amide bonds. The predicted molar refractivity (Wildman–Crippen MR) is 58.0 cm³/mol. The van der Waals surface area contributed by atoms with E-state index in [-0.39, 0.29) is 0 Å². The van der Waals surface area contributed by atoms with Crippen LogP contribution in [0.3, 0.4) is 0 Å². The Kier molecular flexibility index (Phi) is 3.84. The van der Waals surface area contributed by atoms with E-state index in [1.54, 1.807) is 12.4 Å². The van der Waals surface area contributed by atoms with Crippen LogP contribution in [0.25, 0.3) is 0 Å². The summed E-state index contributed by atoms with van der Waals surface area (Å²) in [5, 5.41) is 9.88. The highest BCUT2D eigenvalue weighted by Crippen LogP contribution is 2.22. The SMILES string of the molecule is C=C(C)CCC(O)c1ccncc1C. The van der Waals surface area contributed by atoms with Crippen molar-refractivity contribution < 1.29 is 5.11 Å². The summed E-state index contributed by atoms with van der Waals surface area (Å²) in [6, 6.07) is 1.87. The number of allylic oxidation sites excluding steroid dienone is 1. The molecule has 1 unspecified atom stereocenters. The van der Waals surface area contributed by atoms with Gasteiger partial charge in [-0.3, -0.25) is 4.98 Å². The Bertz CT molecular complexity index is 320. The Labute approximate surface area is 85.3 Å². The molecule has 0 fully saturated rings. The normalized spacial score (nSPS) is 12.5. The Morgan fingerprint density at radius 1 is 1.64 bits per heavy atom. The molecule has 2 nitrogen and oxygen atoms in total. The van der Waals surface area contributed by atoms with E-state index in [4.69, 9.17) is 0 Å². The van der Waals surface area contributed by atoms with Gasteiger partial charge in [0.05, 0.1) is 6.10 Å². The van der Waals surface area contributed by atoms with Gasteiger partial charge in [0, 0.05) is 12.4 Å². The fraction of sp³-hybridized carbons (Fsp3) is 0.417. The molecule has 0 saturated carbocycles. The van der Waals surface area contributed by atoms with Crippen molar-refractivity contribution in [3.63, 3.8) is 0 Å². The molecule has 76 valence electrons. The van der Waals surface area contributed by atoms with Crippen molar-refractivity contribution in [3.05, 3.63) is 41.7 Å². The molecule has 0 aromatic carbocycles. The van der Waals surface area contributed by atoms with Crippen LogP contribution in [0.15, 0.2) is 30.6 Å². The minimum Gasteiger partial charge on any atom is -0.388 e. The van der Waals surface area contributed by atoms with Gasteiger partial charge in [0.25, 0.3) is 0 Å². The third kappa shape index (κ3) is 2.96. The number of hydrogen-bond acceptors (Lipinski definition) is 2. The number of aryl methyl sites for hydroxylation is 1. The smallest absolute Gasteiger partial charge is 0.0796 e. The molecule has 0 radical (unpaired) electrons. The topological polar surface area (TPSA) is 33.1 Å². The maximum atomic E-state index is 9.88. The fourth-order valence-corrected chi connectivity index (χ4v) is 1.40. The van der Waals surface area contributed by atoms with Crippen LogP contribution in [0.5, 0.6) is 0 Å². The summed E-state index contributed by atoms with van der Waals surface area (Å²) >= 11 is 0. The average Bonchev–Trinajstić information content (AvgIpc) is 2.15. The summed E-state index contributed by atoms with van der Waals surface area (Å²) in [6.07, 6.45) is 4.70. The van der Waals surface area contributed by atoms with Crippen molar-refractivity contribution in [3.8, 4) is 0 Å². The van der Waals surface area contributed by atoms with Crippen LogP contribution < -0.4 is 0 Å². The number of aliphatic hydroxyl groups is 1. The Morgan fingerprint density at radius 3 is 2.93 bits per heavy atom. The van der Waals surface area contributed by atoms with Crippen LogP contribution in [-0.4, -0.2) is 10.1 Å². The van der Waals surface area contributed by atoms with Gasteiger partial charge in [-0.2, -0.15) is 0 Å². The lowest BCUT2D eigenvalue weighted by molar-refractivity contribution is 0.167. The molecule has 1 N–H and O–H groups in total. The van der Waals surface area contributed by atoms with E-state index < -0.39 is 6.10 Å². The van der Waals surface area contributed by atoms with Gasteiger partial charge in [-0.05, 0) is 43.9 Å². The van der Waals surface area contributed by atoms with E-state index in [9.17, 15) is 5.11 Å². The highest BCUT2D eigenvalue weighted by Gasteiger charge is 2.09. The molecule has 0 saturated heterocycles. The van der Waals surface area contributed by atoms with E-state index in [0.717, 1.165) is 29.5 Å². The molecule has 1 atom stereocenters. The summed E-state index contributed by atoms with van der Waals surface area (Å²) in [5.41, 5.74) is 3.12. The van der Waals surface area contributed by atoms with Crippen molar-refractivity contribution in [1.29, 1.82) is 0 Å². The maximum absolute atomic E-state index is 9.88. The van der Waals surface area contributed by atoms with E-state index in [1.807, 2.05) is 19.9 Å². The molecule has 2 heteroatoms. The lowest BCUT2D eigenvalue weighted by Crippen LogP contribution is -2.00. The van der Waals surface area contributed by atoms with Gasteiger partial charge in [0.2, 0.25) is 0 Å². The van der Waals surface area contributed by atoms with Gasteiger partial charge in [0.15, 0.2) is 0 Å². The van der Waals surface area contributed by atoms with Crippen LogP contribution in [0.1, 0.15) is 37.0 Å². The summed E-state index contributed by atoms with van der Waals surface area (Å²) < 4.78 is 0. The number of pyridine rings is 1. The molecule has 1 aromatic rings. The Balaban J connectivity index is 2.65. The van der Waals surface area contributed by atoms with Crippen molar-refractivity contribution >= 4 is 0 Å². The van der Waals surface area contributed by atoms with Crippen LogP contribution in [0, 0.1) is 6.92 Å². The zero-order valence-corrected chi connectivity index (χ0v) is 8.83. The zero-order chi connectivity index (χ0) is 10.6. The standard InChI is InChI=1S/C12H17NO/c1-9(2)4-5-12(14)11-6-7-13-8-10(11)3/h6-8,12,14H,1,4-5H2,2-3H3. The first kappa shape index (κ1) is 10.9. The summed E-state index contributed by atoms with van der Waals surface area (Å²) in [5.74, 6) is 0. The zero-order valence-electron chi connectivity index (χ0n) is 8.83. The second kappa shape index (κ2) is 4.91. The van der Waals surface area contributed by atoms with E-state index >= 15 is 0 Å². The first-order chi connectivity index (χ1) is 6.61. The van der Waals surface area contributed by atoms with Gasteiger partial charge in [-0.25, -0.2) is 0 Å². The van der Waals surface area contributed by atoms with Crippen molar-refractivity contribution in [1.82, 2.24) is 4.98 Å². The Morgan fingerprint density at radius 2 is 2.36 bits per heavy atom. The molecular weight excluding hydrogens is 174 g/mol. The van der Waals surface area contributed by atoms with Gasteiger partial charge in [0.1, 0.15) is 0 Å². The van der Waals surface area contributed by atoms with Crippen LogP contribution in [0.4, 0.5) is 0 Å². The van der Waals surface area contributed by atoms with Gasteiger partial charge < -0.3 is 5.11 Å². The molecule has 14 heavy (non-hydrogen) atoms. The minimum atomic E-state index is -0.394. The van der Waals surface area contributed by atoms with Gasteiger partial charge >= 0.3 is 0 Å². The lowest BCUT2D eigenvalue weighted by Gasteiger charge is -2.12. The number of aliphatic hydroxyl groups excluding tert-OH is 1. The second-order valence-corrected chi connectivity index (χ2v) is 3.74. The number of aromatic nitrogens is 1. The minimum absolute atomic E-state index is 0.394. The van der Waals surface area contributed by atoms with Crippen molar-refractivity contribution in [2.24, 2.45) is 0 Å². The number of hydrogen-bond donors (Lipinski definition) is 1. The van der Waals surface area contributed by atoms with E-state index in [2.05, 4.69) is 11.6 Å². The molecule has 1 aromatic heterocycles. The van der Waals surface area contributed by atoms with Gasteiger partial charge in [-0.15, -0.1) is 6.58 Å². The van der Waals surface area contributed by atoms with Gasteiger partial charge in [-0.1, -0.05) is 5.57 Å². The maximum Gasteiger partial charge on any atom is 0.0796 e. The molecule has 0 aliphatic carbocycles. The van der Waals surface area contributed by atoms with Crippen LogP contribution in [0.2, 0.25) is 0 Å². The highest BCUT2D eigenvalue weighted by atomic mass is 16.3. The number of nitrogens with zero attached hydrogens (tertiary/aromatic N) is 1. The molecule has 0 aliphatic rings. The first-order valence-corrected chi connectivity index (χ1v) is 4.84. The molecule has 0 bridgehead atoms. The van der Waals surface area contributed by atoms with E-state index in [1.165, 1.54) is 0 Å². The molecule has 0 aliphatic heterocycles. The third-order valence-electron chi connectivity index (χ3n) is 2.27. The first-order valence-electron chi connectivity index (χ1n) is 4.84. The quantitative estimate of drug-likeness (QED) is 0.742. The average molecular weight is 191 g/mol. The third-order valence-corrected chi connectivity index (χ3v) is 2.27. The summed E-state index contributed by atoms with van der Waals surface area (Å²) in [7, 11) is 0. The number of rotatable bonds is 4. The highest BCUT2D eigenvalue weighted by molar-refractivity contribution is 5.23. The molecule has 1 rings (SSSR count). The molecule has 0 spiro atoms. The summed E-state index contributed by atoms with van der Waals surface area (Å²) in [6.45, 7) is 7.76.